The molecule has 5 heteroatoms. The van der Waals surface area contributed by atoms with Crippen molar-refractivity contribution in [3.8, 4) is 11.3 Å². The van der Waals surface area contributed by atoms with Gasteiger partial charge in [-0.3, -0.25) is 10.1 Å². The molecule has 0 saturated carbocycles. The average molecular weight is 217 g/mol. The summed E-state index contributed by atoms with van der Waals surface area (Å²) in [5.74, 6) is 0.876. The molecule has 1 heterocycles. The second-order valence-electron chi connectivity index (χ2n) is 3.59. The van der Waals surface area contributed by atoms with Crippen molar-refractivity contribution in [2.45, 2.75) is 6.92 Å². The Hall–Kier alpha value is -2.17. The molecule has 0 aliphatic heterocycles. The molecule has 0 atom stereocenters. The minimum atomic E-state index is -0.403. The zero-order valence-electron chi connectivity index (χ0n) is 9.04. The van der Waals surface area contributed by atoms with Crippen molar-refractivity contribution >= 4 is 5.69 Å². The van der Waals surface area contributed by atoms with E-state index in [2.05, 4.69) is 4.98 Å². The topological polar surface area (TPSA) is 61.0 Å². The van der Waals surface area contributed by atoms with Gasteiger partial charge in [0.2, 0.25) is 0 Å². The molecule has 1 aromatic heterocycles. The van der Waals surface area contributed by atoms with E-state index >= 15 is 0 Å². The van der Waals surface area contributed by atoms with E-state index in [1.807, 2.05) is 30.8 Å². The van der Waals surface area contributed by atoms with Crippen LogP contribution in [0.2, 0.25) is 0 Å². The first-order valence-electron chi connectivity index (χ1n) is 4.83. The van der Waals surface area contributed by atoms with Crippen molar-refractivity contribution in [3.05, 3.63) is 46.4 Å². The van der Waals surface area contributed by atoms with Crippen LogP contribution in [0.1, 0.15) is 5.82 Å². The lowest BCUT2D eigenvalue weighted by Gasteiger charge is -1.96. The van der Waals surface area contributed by atoms with Crippen molar-refractivity contribution in [2.75, 3.05) is 0 Å². The number of hydrogen-bond donors (Lipinski definition) is 0. The number of rotatable bonds is 2. The third kappa shape index (κ3) is 1.79. The first-order chi connectivity index (χ1) is 7.58. The maximum absolute atomic E-state index is 10.6. The normalized spacial score (nSPS) is 10.4. The molecule has 0 fully saturated rings. The summed E-state index contributed by atoms with van der Waals surface area (Å²) in [6, 6.07) is 6.48. The van der Waals surface area contributed by atoms with Crippen LogP contribution in [-0.4, -0.2) is 14.5 Å². The molecule has 0 amide bonds. The summed E-state index contributed by atoms with van der Waals surface area (Å²) < 4.78 is 1.88. The summed E-state index contributed by atoms with van der Waals surface area (Å²) in [5, 5.41) is 10.6. The van der Waals surface area contributed by atoms with Gasteiger partial charge in [-0.25, -0.2) is 4.98 Å². The van der Waals surface area contributed by atoms with Gasteiger partial charge >= 0.3 is 0 Å². The SMILES string of the molecule is Cc1nc(-c2cccc([N+](=O)[O-])c2)cn1C. The van der Waals surface area contributed by atoms with Crippen LogP contribution in [0, 0.1) is 17.0 Å². The second kappa shape index (κ2) is 3.77. The van der Waals surface area contributed by atoms with Gasteiger partial charge in [0.25, 0.3) is 5.69 Å². The molecule has 0 bridgehead atoms. The Morgan fingerprint density at radius 3 is 2.75 bits per heavy atom. The number of benzene rings is 1. The molecule has 0 N–H and O–H groups in total. The van der Waals surface area contributed by atoms with Crippen LogP contribution >= 0.6 is 0 Å². The van der Waals surface area contributed by atoms with Crippen LogP contribution in [-0.2, 0) is 7.05 Å². The smallest absolute Gasteiger partial charge is 0.270 e. The Kier molecular flexibility index (Phi) is 2.44. The van der Waals surface area contributed by atoms with Crippen molar-refractivity contribution < 1.29 is 4.92 Å². The van der Waals surface area contributed by atoms with E-state index in [0.717, 1.165) is 17.1 Å². The molecule has 16 heavy (non-hydrogen) atoms. The predicted octanol–water partition coefficient (Wildman–Crippen LogP) is 2.30. The fourth-order valence-electron chi connectivity index (χ4n) is 1.48. The van der Waals surface area contributed by atoms with Crippen molar-refractivity contribution in [3.63, 3.8) is 0 Å². The highest BCUT2D eigenvalue weighted by Crippen LogP contribution is 2.22. The average Bonchev–Trinajstić information content (AvgIpc) is 2.59. The highest BCUT2D eigenvalue weighted by molar-refractivity contribution is 5.62. The molecule has 0 unspecified atom stereocenters. The van der Waals surface area contributed by atoms with E-state index in [9.17, 15) is 10.1 Å². The van der Waals surface area contributed by atoms with Crippen LogP contribution in [0.5, 0.6) is 0 Å². The van der Waals surface area contributed by atoms with E-state index in [1.54, 1.807) is 6.07 Å². The molecule has 82 valence electrons. The summed E-state index contributed by atoms with van der Waals surface area (Å²) in [5.41, 5.74) is 1.60. The number of hydrogen-bond acceptors (Lipinski definition) is 3. The molecule has 0 aliphatic rings. The molecule has 0 spiro atoms. The summed E-state index contributed by atoms with van der Waals surface area (Å²) in [6.07, 6.45) is 1.86. The van der Waals surface area contributed by atoms with Gasteiger partial charge in [-0.15, -0.1) is 0 Å². The fraction of sp³-hybridized carbons (Fsp3) is 0.182. The Morgan fingerprint density at radius 2 is 2.19 bits per heavy atom. The summed E-state index contributed by atoms with van der Waals surface area (Å²) in [7, 11) is 1.89. The van der Waals surface area contributed by atoms with Crippen molar-refractivity contribution in [1.29, 1.82) is 0 Å². The standard InChI is InChI=1S/C11H11N3O2/c1-8-12-11(7-13(8)2)9-4-3-5-10(6-9)14(15)16/h3-7H,1-2H3. The maximum atomic E-state index is 10.6. The number of nitro benzene ring substituents is 1. The number of imidazole rings is 1. The predicted molar refractivity (Wildman–Crippen MR) is 60.0 cm³/mol. The zero-order chi connectivity index (χ0) is 11.7. The highest BCUT2D eigenvalue weighted by atomic mass is 16.6. The molecule has 0 saturated heterocycles. The first kappa shape index (κ1) is 10.4. The largest absolute Gasteiger partial charge is 0.338 e. The lowest BCUT2D eigenvalue weighted by Crippen LogP contribution is -1.88. The quantitative estimate of drug-likeness (QED) is 0.572. The molecular weight excluding hydrogens is 206 g/mol. The Morgan fingerprint density at radius 1 is 1.44 bits per heavy atom. The number of nitro groups is 1. The van der Waals surface area contributed by atoms with Crippen LogP contribution in [0.15, 0.2) is 30.5 Å². The van der Waals surface area contributed by atoms with E-state index in [-0.39, 0.29) is 5.69 Å². The number of non-ortho nitro benzene ring substituents is 1. The Labute approximate surface area is 92.5 Å². The molecule has 0 aliphatic carbocycles. The van der Waals surface area contributed by atoms with Crippen molar-refractivity contribution in [1.82, 2.24) is 9.55 Å². The monoisotopic (exact) mass is 217 g/mol. The van der Waals surface area contributed by atoms with E-state index in [0.29, 0.717) is 0 Å². The molecule has 2 aromatic rings. The minimum Gasteiger partial charge on any atom is -0.338 e. The minimum absolute atomic E-state index is 0.0841. The second-order valence-corrected chi connectivity index (χ2v) is 3.59. The fourth-order valence-corrected chi connectivity index (χ4v) is 1.48. The molecule has 2 rings (SSSR count). The lowest BCUT2D eigenvalue weighted by molar-refractivity contribution is -0.384. The summed E-state index contributed by atoms with van der Waals surface area (Å²) >= 11 is 0. The van der Waals surface area contributed by atoms with Gasteiger partial charge in [0.15, 0.2) is 0 Å². The third-order valence-electron chi connectivity index (χ3n) is 2.46. The van der Waals surface area contributed by atoms with Crippen LogP contribution in [0.25, 0.3) is 11.3 Å². The Bertz CT molecular complexity index is 526. The van der Waals surface area contributed by atoms with Gasteiger partial charge in [-0.2, -0.15) is 0 Å². The van der Waals surface area contributed by atoms with Gasteiger partial charge in [-0.1, -0.05) is 12.1 Å². The van der Waals surface area contributed by atoms with Gasteiger partial charge in [-0.05, 0) is 6.92 Å². The molecule has 5 nitrogen and oxygen atoms in total. The molecule has 1 aromatic carbocycles. The van der Waals surface area contributed by atoms with Gasteiger partial charge in [0, 0.05) is 30.9 Å². The number of aromatic nitrogens is 2. The Balaban J connectivity index is 2.48. The van der Waals surface area contributed by atoms with E-state index < -0.39 is 4.92 Å². The van der Waals surface area contributed by atoms with Crippen LogP contribution in [0.4, 0.5) is 5.69 Å². The maximum Gasteiger partial charge on any atom is 0.270 e. The zero-order valence-corrected chi connectivity index (χ0v) is 9.04. The summed E-state index contributed by atoms with van der Waals surface area (Å²) in [6.45, 7) is 1.89. The van der Waals surface area contributed by atoms with Crippen LogP contribution < -0.4 is 0 Å². The van der Waals surface area contributed by atoms with Gasteiger partial charge < -0.3 is 4.57 Å². The molecular formula is C11H11N3O2. The number of aryl methyl sites for hydroxylation is 2. The first-order valence-corrected chi connectivity index (χ1v) is 4.83. The molecule has 0 radical (unpaired) electrons. The number of nitrogens with zero attached hydrogens (tertiary/aromatic N) is 3. The van der Waals surface area contributed by atoms with Crippen molar-refractivity contribution in [2.24, 2.45) is 7.05 Å². The van der Waals surface area contributed by atoms with Gasteiger partial charge in [0.1, 0.15) is 5.82 Å². The van der Waals surface area contributed by atoms with Gasteiger partial charge in [0.05, 0.1) is 10.6 Å². The van der Waals surface area contributed by atoms with Crippen LogP contribution in [0.3, 0.4) is 0 Å². The summed E-state index contributed by atoms with van der Waals surface area (Å²) in [4.78, 5) is 14.6. The lowest BCUT2D eigenvalue weighted by atomic mass is 10.1. The third-order valence-corrected chi connectivity index (χ3v) is 2.46. The highest BCUT2D eigenvalue weighted by Gasteiger charge is 2.09. The van der Waals surface area contributed by atoms with E-state index in [4.69, 9.17) is 0 Å². The van der Waals surface area contributed by atoms with E-state index in [1.165, 1.54) is 12.1 Å².